The average molecular weight is 240 g/mol. The molecular weight excluding hydrogens is 230 g/mol. The maximum atomic E-state index is 10.6. The molecule has 1 heterocycles. The molecule has 0 atom stereocenters. The van der Waals surface area contributed by atoms with Gasteiger partial charge in [0.15, 0.2) is 0 Å². The molecule has 0 aliphatic carbocycles. The topological polar surface area (TPSA) is 61.0 Å². The van der Waals surface area contributed by atoms with Gasteiger partial charge in [-0.2, -0.15) is 0 Å². The maximum absolute atomic E-state index is 10.6. The fourth-order valence-electron chi connectivity index (χ4n) is 1.74. The molecule has 16 heavy (non-hydrogen) atoms. The Hall–Kier alpha value is -1.62. The number of nitro benzene ring substituents is 1. The summed E-state index contributed by atoms with van der Waals surface area (Å²) in [4.78, 5) is 14.5. The Kier molecular flexibility index (Phi) is 2.78. The summed E-state index contributed by atoms with van der Waals surface area (Å²) in [6.07, 6.45) is 0. The van der Waals surface area contributed by atoms with Crippen LogP contribution in [0.25, 0.3) is 11.0 Å². The fourth-order valence-corrected chi connectivity index (χ4v) is 1.94. The normalized spacial score (nSPS) is 10.9. The zero-order valence-corrected chi connectivity index (χ0v) is 9.44. The van der Waals surface area contributed by atoms with Crippen molar-refractivity contribution in [1.82, 2.24) is 9.55 Å². The highest BCUT2D eigenvalue weighted by Crippen LogP contribution is 2.22. The van der Waals surface area contributed by atoms with Gasteiger partial charge in [-0.3, -0.25) is 10.1 Å². The van der Waals surface area contributed by atoms with Crippen LogP contribution < -0.4 is 0 Å². The standard InChI is InChI=1S/C10H10ClN3O2/c1-2-13-9-4-3-7(14(15)16)5-8(9)12-10(13)6-11/h3-5H,2,6H2,1H3. The number of benzene rings is 1. The molecule has 0 fully saturated rings. The Morgan fingerprint density at radius 2 is 2.31 bits per heavy atom. The third kappa shape index (κ3) is 1.63. The number of aromatic nitrogens is 2. The molecule has 2 aromatic rings. The van der Waals surface area contributed by atoms with Gasteiger partial charge in [0, 0.05) is 18.7 Å². The highest BCUT2D eigenvalue weighted by atomic mass is 35.5. The van der Waals surface area contributed by atoms with Crippen LogP contribution in [-0.2, 0) is 12.4 Å². The summed E-state index contributed by atoms with van der Waals surface area (Å²) in [5, 5.41) is 10.6. The number of nitro groups is 1. The second-order valence-electron chi connectivity index (χ2n) is 3.34. The van der Waals surface area contributed by atoms with Gasteiger partial charge in [0.25, 0.3) is 5.69 Å². The van der Waals surface area contributed by atoms with E-state index < -0.39 is 4.92 Å². The van der Waals surface area contributed by atoms with Crippen molar-refractivity contribution in [3.05, 3.63) is 34.1 Å². The maximum Gasteiger partial charge on any atom is 0.271 e. The number of hydrogen-bond donors (Lipinski definition) is 0. The number of rotatable bonds is 3. The number of imidazole rings is 1. The van der Waals surface area contributed by atoms with Crippen LogP contribution in [0.1, 0.15) is 12.7 Å². The van der Waals surface area contributed by atoms with Gasteiger partial charge in [0.05, 0.1) is 21.8 Å². The summed E-state index contributed by atoms with van der Waals surface area (Å²) in [6.45, 7) is 2.73. The van der Waals surface area contributed by atoms with Crippen LogP contribution in [0.2, 0.25) is 0 Å². The minimum absolute atomic E-state index is 0.0503. The minimum Gasteiger partial charge on any atom is -0.327 e. The first-order chi connectivity index (χ1) is 7.67. The van der Waals surface area contributed by atoms with Gasteiger partial charge in [-0.15, -0.1) is 11.6 Å². The Morgan fingerprint density at radius 3 is 2.88 bits per heavy atom. The molecule has 6 heteroatoms. The number of alkyl halides is 1. The van der Waals surface area contributed by atoms with E-state index in [4.69, 9.17) is 11.6 Å². The van der Waals surface area contributed by atoms with Gasteiger partial charge in [-0.1, -0.05) is 0 Å². The van der Waals surface area contributed by atoms with E-state index in [-0.39, 0.29) is 5.69 Å². The van der Waals surface area contributed by atoms with E-state index in [1.54, 1.807) is 6.07 Å². The lowest BCUT2D eigenvalue weighted by Gasteiger charge is -2.02. The van der Waals surface area contributed by atoms with Crippen LogP contribution in [0.3, 0.4) is 0 Å². The summed E-state index contributed by atoms with van der Waals surface area (Å²) >= 11 is 5.77. The molecule has 2 rings (SSSR count). The van der Waals surface area contributed by atoms with Gasteiger partial charge in [-0.05, 0) is 13.0 Å². The molecule has 0 aliphatic heterocycles. The molecule has 1 aromatic carbocycles. The summed E-state index contributed by atoms with van der Waals surface area (Å²) < 4.78 is 1.95. The fraction of sp³-hybridized carbons (Fsp3) is 0.300. The summed E-state index contributed by atoms with van der Waals surface area (Å²) in [7, 11) is 0. The molecule has 0 unspecified atom stereocenters. The van der Waals surface area contributed by atoms with Crippen molar-refractivity contribution in [1.29, 1.82) is 0 Å². The quantitative estimate of drug-likeness (QED) is 0.470. The van der Waals surface area contributed by atoms with Gasteiger partial charge < -0.3 is 4.57 Å². The molecule has 0 radical (unpaired) electrons. The van der Waals surface area contributed by atoms with Crippen molar-refractivity contribution in [2.75, 3.05) is 0 Å². The van der Waals surface area contributed by atoms with Gasteiger partial charge in [0.2, 0.25) is 0 Å². The van der Waals surface area contributed by atoms with Crippen LogP contribution in [0.4, 0.5) is 5.69 Å². The molecule has 84 valence electrons. The predicted octanol–water partition coefficient (Wildman–Crippen LogP) is 2.70. The summed E-state index contributed by atoms with van der Waals surface area (Å²) in [5.74, 6) is 1.04. The second kappa shape index (κ2) is 4.09. The van der Waals surface area contributed by atoms with Crippen molar-refractivity contribution in [3.63, 3.8) is 0 Å². The lowest BCUT2D eigenvalue weighted by Crippen LogP contribution is -1.98. The Bertz CT molecular complexity index is 550. The average Bonchev–Trinajstić information content (AvgIpc) is 2.65. The van der Waals surface area contributed by atoms with Gasteiger partial charge >= 0.3 is 0 Å². The highest BCUT2D eigenvalue weighted by molar-refractivity contribution is 6.16. The van der Waals surface area contributed by atoms with Gasteiger partial charge in [0.1, 0.15) is 5.82 Å². The van der Waals surface area contributed by atoms with Crippen LogP contribution >= 0.6 is 11.6 Å². The Morgan fingerprint density at radius 1 is 1.56 bits per heavy atom. The molecule has 5 nitrogen and oxygen atoms in total. The SMILES string of the molecule is CCn1c(CCl)nc2cc([N+](=O)[O-])ccc21. The van der Waals surface area contributed by atoms with E-state index in [2.05, 4.69) is 4.98 Å². The third-order valence-corrected chi connectivity index (χ3v) is 2.70. The van der Waals surface area contributed by atoms with Crippen molar-refractivity contribution in [2.45, 2.75) is 19.3 Å². The number of nitrogens with zero attached hydrogens (tertiary/aromatic N) is 3. The first-order valence-electron chi connectivity index (χ1n) is 4.87. The minimum atomic E-state index is -0.426. The summed E-state index contributed by atoms with van der Waals surface area (Å²) in [5.41, 5.74) is 1.55. The van der Waals surface area contributed by atoms with E-state index in [1.165, 1.54) is 12.1 Å². The van der Waals surface area contributed by atoms with Crippen LogP contribution in [0.15, 0.2) is 18.2 Å². The van der Waals surface area contributed by atoms with Crippen LogP contribution in [0.5, 0.6) is 0 Å². The number of hydrogen-bond acceptors (Lipinski definition) is 3. The lowest BCUT2D eigenvalue weighted by atomic mass is 10.3. The molecule has 0 saturated heterocycles. The first-order valence-corrected chi connectivity index (χ1v) is 5.40. The molecule has 0 saturated carbocycles. The van der Waals surface area contributed by atoms with E-state index in [1.807, 2.05) is 11.5 Å². The molecule has 0 N–H and O–H groups in total. The van der Waals surface area contributed by atoms with Crippen LogP contribution in [0, 0.1) is 10.1 Å². The Balaban J connectivity index is 2.67. The number of fused-ring (bicyclic) bond motifs is 1. The highest BCUT2D eigenvalue weighted by Gasteiger charge is 2.12. The zero-order chi connectivity index (χ0) is 11.7. The monoisotopic (exact) mass is 239 g/mol. The molecular formula is C10H10ClN3O2. The molecule has 1 aromatic heterocycles. The van der Waals surface area contributed by atoms with Crippen molar-refractivity contribution < 1.29 is 4.92 Å². The predicted molar refractivity (Wildman–Crippen MR) is 61.6 cm³/mol. The van der Waals surface area contributed by atoms with E-state index >= 15 is 0 Å². The largest absolute Gasteiger partial charge is 0.327 e. The van der Waals surface area contributed by atoms with Crippen molar-refractivity contribution >= 4 is 28.3 Å². The van der Waals surface area contributed by atoms with E-state index in [0.29, 0.717) is 11.4 Å². The third-order valence-electron chi connectivity index (χ3n) is 2.46. The molecule has 0 bridgehead atoms. The van der Waals surface area contributed by atoms with Crippen molar-refractivity contribution in [3.8, 4) is 0 Å². The molecule has 0 amide bonds. The second-order valence-corrected chi connectivity index (χ2v) is 3.60. The number of halogens is 1. The smallest absolute Gasteiger partial charge is 0.271 e. The number of aryl methyl sites for hydroxylation is 1. The first kappa shape index (κ1) is 10.9. The van der Waals surface area contributed by atoms with Crippen molar-refractivity contribution in [2.24, 2.45) is 0 Å². The molecule has 0 aliphatic rings. The lowest BCUT2D eigenvalue weighted by molar-refractivity contribution is -0.384. The van der Waals surface area contributed by atoms with Crippen LogP contribution in [-0.4, -0.2) is 14.5 Å². The van der Waals surface area contributed by atoms with E-state index in [0.717, 1.165) is 17.9 Å². The number of non-ortho nitro benzene ring substituents is 1. The zero-order valence-electron chi connectivity index (χ0n) is 8.68. The van der Waals surface area contributed by atoms with Gasteiger partial charge in [-0.25, -0.2) is 4.98 Å². The molecule has 0 spiro atoms. The summed E-state index contributed by atoms with van der Waals surface area (Å²) in [6, 6.07) is 4.66. The Labute approximate surface area is 96.8 Å². The van der Waals surface area contributed by atoms with E-state index in [9.17, 15) is 10.1 Å².